The van der Waals surface area contributed by atoms with Gasteiger partial charge in [-0.2, -0.15) is 0 Å². The number of carbonyl (C=O) groups excluding carboxylic acids is 1. The third-order valence-corrected chi connectivity index (χ3v) is 2.42. The zero-order chi connectivity index (χ0) is 13.0. The van der Waals surface area contributed by atoms with E-state index in [9.17, 15) is 9.18 Å². The number of primary amides is 1. The van der Waals surface area contributed by atoms with Gasteiger partial charge in [-0.05, 0) is 24.7 Å². The van der Waals surface area contributed by atoms with Gasteiger partial charge in [0.2, 0.25) is 5.91 Å². The van der Waals surface area contributed by atoms with Crippen molar-refractivity contribution in [1.29, 1.82) is 0 Å². The predicted molar refractivity (Wildman–Crippen MR) is 67.8 cm³/mol. The van der Waals surface area contributed by atoms with Crippen LogP contribution in [0.3, 0.4) is 0 Å². The molecule has 1 rings (SSSR count). The first-order valence-corrected chi connectivity index (χ1v) is 5.36. The van der Waals surface area contributed by atoms with Crippen LogP contribution in [-0.4, -0.2) is 29.4 Å². The van der Waals surface area contributed by atoms with Crippen molar-refractivity contribution in [1.82, 2.24) is 4.90 Å². The number of thiocarbonyl (C=S) groups is 1. The van der Waals surface area contributed by atoms with Gasteiger partial charge in [0.05, 0.1) is 6.54 Å². The van der Waals surface area contributed by atoms with E-state index in [0.29, 0.717) is 12.1 Å². The van der Waals surface area contributed by atoms with Crippen molar-refractivity contribution in [2.45, 2.75) is 6.54 Å². The average Bonchev–Trinajstić information content (AvgIpc) is 2.19. The smallest absolute Gasteiger partial charge is 0.231 e. The summed E-state index contributed by atoms with van der Waals surface area (Å²) in [7, 11) is 1.73. The lowest BCUT2D eigenvalue weighted by molar-refractivity contribution is -0.118. The summed E-state index contributed by atoms with van der Waals surface area (Å²) in [6.45, 7) is 0.546. The van der Waals surface area contributed by atoms with E-state index in [1.807, 2.05) is 0 Å². The number of carbonyl (C=O) groups is 1. The molecule has 0 saturated heterocycles. The van der Waals surface area contributed by atoms with Crippen molar-refractivity contribution in [2.75, 3.05) is 13.6 Å². The van der Waals surface area contributed by atoms with Crippen molar-refractivity contribution in [3.05, 3.63) is 35.1 Å². The summed E-state index contributed by atoms with van der Waals surface area (Å²) >= 11 is 4.85. The molecule has 6 heteroatoms. The summed E-state index contributed by atoms with van der Waals surface area (Å²) in [5.74, 6) is -0.819. The van der Waals surface area contributed by atoms with Crippen LogP contribution in [-0.2, 0) is 11.3 Å². The summed E-state index contributed by atoms with van der Waals surface area (Å²) < 4.78 is 13.1. The van der Waals surface area contributed by atoms with Crippen LogP contribution in [0.2, 0.25) is 0 Å². The second-order valence-electron chi connectivity index (χ2n) is 3.80. The topological polar surface area (TPSA) is 72.3 Å². The minimum Gasteiger partial charge on any atom is -0.389 e. The third-order valence-electron chi connectivity index (χ3n) is 2.20. The van der Waals surface area contributed by atoms with Crippen molar-refractivity contribution >= 4 is 23.1 Å². The number of rotatable bonds is 5. The van der Waals surface area contributed by atoms with Crippen LogP contribution in [0, 0.1) is 5.82 Å². The number of benzene rings is 1. The second-order valence-corrected chi connectivity index (χ2v) is 4.24. The molecule has 4 N–H and O–H groups in total. The molecular formula is C11H14FN3OS. The fraction of sp³-hybridized carbons (Fsp3) is 0.273. The van der Waals surface area contributed by atoms with Gasteiger partial charge in [-0.1, -0.05) is 18.3 Å². The predicted octanol–water partition coefficient (Wildman–Crippen LogP) is 0.377. The SMILES string of the molecule is CN(CC(N)=O)Cc1ccc(F)cc1C(N)=S. The minimum absolute atomic E-state index is 0.119. The summed E-state index contributed by atoms with van der Waals surface area (Å²) in [5, 5.41) is 0. The van der Waals surface area contributed by atoms with Crippen molar-refractivity contribution in [3.63, 3.8) is 0 Å². The van der Waals surface area contributed by atoms with Crippen LogP contribution in [0.25, 0.3) is 0 Å². The molecule has 1 aromatic rings. The van der Waals surface area contributed by atoms with Gasteiger partial charge in [-0.15, -0.1) is 0 Å². The van der Waals surface area contributed by atoms with E-state index in [1.165, 1.54) is 12.1 Å². The number of halogens is 1. The Morgan fingerprint density at radius 3 is 2.65 bits per heavy atom. The van der Waals surface area contributed by atoms with Gasteiger partial charge < -0.3 is 11.5 Å². The largest absolute Gasteiger partial charge is 0.389 e. The molecule has 0 aliphatic heterocycles. The van der Waals surface area contributed by atoms with Crippen molar-refractivity contribution in [3.8, 4) is 0 Å². The van der Waals surface area contributed by atoms with Crippen molar-refractivity contribution < 1.29 is 9.18 Å². The van der Waals surface area contributed by atoms with E-state index in [-0.39, 0.29) is 11.5 Å². The normalized spacial score (nSPS) is 10.5. The Morgan fingerprint density at radius 2 is 2.12 bits per heavy atom. The maximum Gasteiger partial charge on any atom is 0.231 e. The van der Waals surface area contributed by atoms with Gasteiger partial charge in [0.25, 0.3) is 0 Å². The number of nitrogens with two attached hydrogens (primary N) is 2. The molecule has 17 heavy (non-hydrogen) atoms. The first-order chi connectivity index (χ1) is 7.90. The van der Waals surface area contributed by atoms with Gasteiger partial charge >= 0.3 is 0 Å². The first kappa shape index (κ1) is 13.5. The monoisotopic (exact) mass is 255 g/mol. The molecule has 1 amide bonds. The Labute approximate surface area is 104 Å². The van der Waals surface area contributed by atoms with Crippen molar-refractivity contribution in [2.24, 2.45) is 11.5 Å². The standard InChI is InChI=1S/C11H14FN3OS/c1-15(6-10(13)16)5-7-2-3-8(12)4-9(7)11(14)17/h2-4H,5-6H2,1H3,(H2,13,16)(H2,14,17). The lowest BCUT2D eigenvalue weighted by Gasteiger charge is -2.16. The highest BCUT2D eigenvalue weighted by atomic mass is 32.1. The van der Waals surface area contributed by atoms with Crippen LogP contribution in [0.5, 0.6) is 0 Å². The maximum atomic E-state index is 13.1. The van der Waals surface area contributed by atoms with E-state index in [2.05, 4.69) is 0 Å². The molecule has 4 nitrogen and oxygen atoms in total. The fourth-order valence-electron chi connectivity index (χ4n) is 1.53. The summed E-state index contributed by atoms with van der Waals surface area (Å²) in [4.78, 5) is 12.6. The first-order valence-electron chi connectivity index (χ1n) is 4.95. The summed E-state index contributed by atoms with van der Waals surface area (Å²) in [6, 6.07) is 4.21. The molecule has 0 spiro atoms. The van der Waals surface area contributed by atoms with Gasteiger partial charge in [-0.3, -0.25) is 9.69 Å². The zero-order valence-corrected chi connectivity index (χ0v) is 10.3. The molecule has 0 aliphatic rings. The van der Waals surface area contributed by atoms with E-state index in [1.54, 1.807) is 18.0 Å². The number of hydrogen-bond acceptors (Lipinski definition) is 3. The molecule has 0 atom stereocenters. The molecule has 0 aliphatic carbocycles. The Balaban J connectivity index is 2.90. The Bertz CT molecular complexity index is 450. The quantitative estimate of drug-likeness (QED) is 0.746. The highest BCUT2D eigenvalue weighted by Crippen LogP contribution is 2.13. The highest BCUT2D eigenvalue weighted by molar-refractivity contribution is 7.80. The van der Waals surface area contributed by atoms with Crippen LogP contribution in [0.15, 0.2) is 18.2 Å². The lowest BCUT2D eigenvalue weighted by atomic mass is 10.1. The minimum atomic E-state index is -0.425. The lowest BCUT2D eigenvalue weighted by Crippen LogP contribution is -2.31. The molecule has 0 radical (unpaired) electrons. The molecule has 0 aromatic heterocycles. The van der Waals surface area contributed by atoms with Gasteiger partial charge in [0, 0.05) is 12.1 Å². The van der Waals surface area contributed by atoms with Gasteiger partial charge in [0.1, 0.15) is 10.8 Å². The van der Waals surface area contributed by atoms with Gasteiger partial charge in [0.15, 0.2) is 0 Å². The molecule has 0 saturated carbocycles. The second kappa shape index (κ2) is 5.70. The number of nitrogens with zero attached hydrogens (tertiary/aromatic N) is 1. The molecule has 0 fully saturated rings. The molecule has 92 valence electrons. The summed E-state index contributed by atoms with van der Waals surface area (Å²) in [6.07, 6.45) is 0. The van der Waals surface area contributed by atoms with E-state index in [0.717, 1.165) is 5.56 Å². The van der Waals surface area contributed by atoms with E-state index in [4.69, 9.17) is 23.7 Å². The fourth-order valence-corrected chi connectivity index (χ4v) is 1.72. The van der Waals surface area contributed by atoms with Gasteiger partial charge in [-0.25, -0.2) is 4.39 Å². The zero-order valence-electron chi connectivity index (χ0n) is 9.44. The van der Waals surface area contributed by atoms with E-state index >= 15 is 0 Å². The van der Waals surface area contributed by atoms with Crippen LogP contribution < -0.4 is 11.5 Å². The molecule has 1 aromatic carbocycles. The van der Waals surface area contributed by atoms with Crippen LogP contribution >= 0.6 is 12.2 Å². The molecule has 0 heterocycles. The Kier molecular flexibility index (Phi) is 4.53. The van der Waals surface area contributed by atoms with Crippen LogP contribution in [0.4, 0.5) is 4.39 Å². The maximum absolute atomic E-state index is 13.1. The number of hydrogen-bond donors (Lipinski definition) is 2. The summed E-state index contributed by atoms with van der Waals surface area (Å²) in [5.41, 5.74) is 11.8. The number of amides is 1. The third kappa shape index (κ3) is 4.08. The average molecular weight is 255 g/mol. The molecule has 0 unspecified atom stereocenters. The Morgan fingerprint density at radius 1 is 1.47 bits per heavy atom. The number of likely N-dealkylation sites (N-methyl/N-ethyl adjacent to an activating group) is 1. The Hall–Kier alpha value is -1.53. The van der Waals surface area contributed by atoms with E-state index < -0.39 is 11.7 Å². The highest BCUT2D eigenvalue weighted by Gasteiger charge is 2.10. The van der Waals surface area contributed by atoms with Crippen LogP contribution in [0.1, 0.15) is 11.1 Å². The molecular weight excluding hydrogens is 241 g/mol. The molecule has 0 bridgehead atoms.